The van der Waals surface area contributed by atoms with Gasteiger partial charge in [0.05, 0.1) is 41.5 Å². The van der Waals surface area contributed by atoms with E-state index >= 15 is 0 Å². The SMILES string of the molecule is CO[C@]1(C)C[C@H](O[C@H]2[C@H](C)[C@@H](O[C@@H]3O[C@H](C)C[C@H](N(C)C)[C@H]3O)[C@](C)(O)C[C@@H](C)CN(CCCNC(=O)CCc3ccccc3)[C@H](C)[C@@H](O)[C@](C)(O)[C@@H](I)OC(=O)[C@@H]2C)O[C@@H](C)[C@@H]1O. The average molecular weight is 1020 g/mol. The molecule has 6 N–H and O–H groups in total. The zero-order chi connectivity index (χ0) is 47.9. The van der Waals surface area contributed by atoms with Crippen LogP contribution in [-0.4, -0.2) is 176 Å². The molecule has 3 heterocycles. The van der Waals surface area contributed by atoms with E-state index in [-0.39, 0.29) is 36.8 Å². The van der Waals surface area contributed by atoms with Crippen molar-refractivity contribution in [3.63, 3.8) is 0 Å². The lowest BCUT2D eigenvalue weighted by molar-refractivity contribution is -0.317. The number of rotatable bonds is 13. The third kappa shape index (κ3) is 14.0. The molecule has 3 fully saturated rings. The number of esters is 1. The summed E-state index contributed by atoms with van der Waals surface area (Å²) in [6, 6.07) is 8.84. The molecule has 64 heavy (non-hydrogen) atoms. The maximum absolute atomic E-state index is 14.4. The maximum Gasteiger partial charge on any atom is 0.312 e. The number of aryl methyl sites for hydroxylation is 1. The molecule has 16 nitrogen and oxygen atoms in total. The Bertz CT molecular complexity index is 1610. The van der Waals surface area contributed by atoms with Crippen molar-refractivity contribution in [2.75, 3.05) is 40.8 Å². The van der Waals surface area contributed by atoms with Crippen LogP contribution in [0.15, 0.2) is 30.3 Å². The predicted molar refractivity (Wildman–Crippen MR) is 249 cm³/mol. The number of benzene rings is 1. The van der Waals surface area contributed by atoms with E-state index in [1.54, 1.807) is 41.5 Å². The van der Waals surface area contributed by atoms with Crippen LogP contribution >= 0.6 is 22.6 Å². The van der Waals surface area contributed by atoms with Gasteiger partial charge in [-0.3, -0.25) is 14.5 Å². The second-order valence-electron chi connectivity index (χ2n) is 19.8. The van der Waals surface area contributed by atoms with E-state index in [4.69, 9.17) is 28.4 Å². The van der Waals surface area contributed by atoms with Crippen LogP contribution in [0.5, 0.6) is 0 Å². The molecule has 1 amide bonds. The summed E-state index contributed by atoms with van der Waals surface area (Å²) in [5.41, 5.74) is -3.54. The van der Waals surface area contributed by atoms with E-state index in [1.807, 2.05) is 90.7 Å². The highest BCUT2D eigenvalue weighted by molar-refractivity contribution is 14.1. The van der Waals surface area contributed by atoms with Gasteiger partial charge in [-0.05, 0) is 122 Å². The summed E-state index contributed by atoms with van der Waals surface area (Å²) < 4.78 is 36.5. The number of aliphatic hydroxyl groups is 5. The Labute approximate surface area is 395 Å². The highest BCUT2D eigenvalue weighted by atomic mass is 127. The first-order valence-corrected chi connectivity index (χ1v) is 24.3. The number of carbonyl (C=O) groups excluding carboxylic acids is 2. The minimum Gasteiger partial charge on any atom is -0.448 e. The van der Waals surface area contributed by atoms with Gasteiger partial charge >= 0.3 is 5.97 Å². The predicted octanol–water partition coefficient (Wildman–Crippen LogP) is 3.39. The van der Waals surface area contributed by atoms with E-state index in [0.29, 0.717) is 45.3 Å². The minimum absolute atomic E-state index is 0.0687. The van der Waals surface area contributed by atoms with Crippen LogP contribution in [0.2, 0.25) is 0 Å². The van der Waals surface area contributed by atoms with Gasteiger partial charge < -0.3 is 64.2 Å². The normalized spacial score (nSPS) is 42.4. The topological polar surface area (TPSA) is 209 Å². The molecule has 3 saturated heterocycles. The largest absolute Gasteiger partial charge is 0.448 e. The Morgan fingerprint density at radius 2 is 1.62 bits per heavy atom. The van der Waals surface area contributed by atoms with Crippen LogP contribution in [0.25, 0.3) is 0 Å². The van der Waals surface area contributed by atoms with E-state index in [1.165, 1.54) is 14.0 Å². The van der Waals surface area contributed by atoms with Crippen LogP contribution in [0.1, 0.15) is 100.0 Å². The molecular formula is C47H80IN3O13. The molecule has 0 bridgehead atoms. The monoisotopic (exact) mass is 1020 g/mol. The van der Waals surface area contributed by atoms with Crippen molar-refractivity contribution in [2.24, 2.45) is 17.8 Å². The molecule has 0 unspecified atom stereocenters. The molecule has 17 heteroatoms. The van der Waals surface area contributed by atoms with Gasteiger partial charge in [-0.2, -0.15) is 0 Å². The van der Waals surface area contributed by atoms with Crippen molar-refractivity contribution >= 4 is 34.5 Å². The summed E-state index contributed by atoms with van der Waals surface area (Å²) in [5, 5.41) is 62.4. The molecule has 3 aliphatic rings. The molecule has 1 aromatic rings. The fraction of sp³-hybridized carbons (Fsp3) is 0.830. The molecule has 18 atom stereocenters. The van der Waals surface area contributed by atoms with E-state index in [2.05, 4.69) is 5.32 Å². The second kappa shape index (κ2) is 23.6. The summed E-state index contributed by atoms with van der Waals surface area (Å²) in [6.07, 6.45) is -6.45. The Balaban J connectivity index is 1.70. The first kappa shape index (κ1) is 55.0. The molecule has 0 aliphatic carbocycles. The van der Waals surface area contributed by atoms with Crippen molar-refractivity contribution in [1.82, 2.24) is 15.1 Å². The Morgan fingerprint density at radius 3 is 2.25 bits per heavy atom. The number of hydrogen-bond acceptors (Lipinski definition) is 15. The third-order valence-electron chi connectivity index (χ3n) is 13.9. The first-order valence-electron chi connectivity index (χ1n) is 23.0. The highest BCUT2D eigenvalue weighted by Crippen LogP contribution is 2.40. The van der Waals surface area contributed by atoms with Crippen molar-refractivity contribution in [1.29, 1.82) is 0 Å². The fourth-order valence-corrected chi connectivity index (χ4v) is 10.4. The quantitative estimate of drug-likeness (QED) is 0.0725. The first-order chi connectivity index (χ1) is 29.8. The molecule has 368 valence electrons. The lowest BCUT2D eigenvalue weighted by Crippen LogP contribution is -2.60. The van der Waals surface area contributed by atoms with Gasteiger partial charge in [-0.1, -0.05) is 44.2 Å². The lowest BCUT2D eigenvalue weighted by Gasteiger charge is -2.48. The van der Waals surface area contributed by atoms with E-state index in [0.717, 1.165) is 5.56 Å². The van der Waals surface area contributed by atoms with Crippen LogP contribution in [-0.2, 0) is 44.4 Å². The number of nitrogens with zero attached hydrogens (tertiary/aromatic N) is 2. The molecule has 4 rings (SSSR count). The number of ether oxygens (including phenoxy) is 6. The third-order valence-corrected chi connectivity index (χ3v) is 15.4. The Hall–Kier alpha value is -1.59. The molecule has 1 aromatic carbocycles. The van der Waals surface area contributed by atoms with Crippen LogP contribution in [0.3, 0.4) is 0 Å². The summed E-state index contributed by atoms with van der Waals surface area (Å²) in [5.74, 6) is -2.93. The molecule has 0 saturated carbocycles. The molecular weight excluding hydrogens is 941 g/mol. The zero-order valence-electron chi connectivity index (χ0n) is 40.2. The van der Waals surface area contributed by atoms with E-state index in [9.17, 15) is 35.1 Å². The van der Waals surface area contributed by atoms with Gasteiger partial charge in [0.1, 0.15) is 23.9 Å². The number of likely N-dealkylation sites (N-methyl/N-ethyl adjacent to an activating group) is 1. The van der Waals surface area contributed by atoms with Crippen LogP contribution in [0.4, 0.5) is 0 Å². The number of carbonyl (C=O) groups is 2. The number of methoxy groups -OCH3 is 1. The number of alkyl halides is 1. The standard InChI is InChI=1S/C47H80IN3O13/c1-27-24-45(7,57)41(63-43-37(53)34(50(10)11)23-28(2)60-43)29(3)38(62-36-25-46(8,59-12)40(55)32(6)61-36)30(4)42(56)64-44(48)47(9,58)39(54)31(5)51(26-27)22-16-21-49-35(52)20-19-33-17-14-13-15-18-33/h13-15,17-18,27-32,34,36-41,43-44,53-55,57-58H,16,19-26H2,1-12H3,(H,49,52)/t27-,28-,29+,30-,31-,32+,34+,36+,37-,38+,39-,40+,41-,43+,44+,45-,46-,47+/m1/s1. The minimum atomic E-state index is -1.92. The van der Waals surface area contributed by atoms with E-state index < -0.39 is 94.0 Å². The number of halogens is 1. The van der Waals surface area contributed by atoms with Gasteiger partial charge in [0, 0.05) is 57.6 Å². The number of aliphatic hydroxyl groups excluding tert-OH is 3. The van der Waals surface area contributed by atoms with Gasteiger partial charge in [0.2, 0.25) is 5.91 Å². The summed E-state index contributed by atoms with van der Waals surface area (Å²) in [4.78, 5) is 31.1. The molecule has 0 spiro atoms. The lowest BCUT2D eigenvalue weighted by atomic mass is 9.77. The molecule has 0 aromatic heterocycles. The van der Waals surface area contributed by atoms with Gasteiger partial charge in [-0.25, -0.2) is 0 Å². The fourth-order valence-electron chi connectivity index (χ4n) is 9.81. The Kier molecular flexibility index (Phi) is 20.3. The van der Waals surface area contributed by atoms with Crippen molar-refractivity contribution in [3.8, 4) is 0 Å². The second-order valence-corrected chi connectivity index (χ2v) is 21.0. The maximum atomic E-state index is 14.4. The van der Waals surface area contributed by atoms with Crippen molar-refractivity contribution in [2.45, 2.75) is 189 Å². The van der Waals surface area contributed by atoms with Gasteiger partial charge in [0.25, 0.3) is 0 Å². The number of cyclic esters (lactones) is 1. The van der Waals surface area contributed by atoms with Crippen molar-refractivity contribution < 1.29 is 63.5 Å². The average Bonchev–Trinajstić information content (AvgIpc) is 3.23. The molecule has 3 aliphatic heterocycles. The summed E-state index contributed by atoms with van der Waals surface area (Å²) >= 11 is 1.83. The smallest absolute Gasteiger partial charge is 0.312 e. The Morgan fingerprint density at radius 1 is 0.969 bits per heavy atom. The zero-order valence-corrected chi connectivity index (χ0v) is 42.3. The summed E-state index contributed by atoms with van der Waals surface area (Å²) in [7, 11) is 5.25. The number of hydrogen-bond donors (Lipinski definition) is 6. The molecule has 0 radical (unpaired) electrons. The summed E-state index contributed by atoms with van der Waals surface area (Å²) in [6.45, 7) is 16.9. The highest BCUT2D eigenvalue weighted by Gasteiger charge is 2.52. The van der Waals surface area contributed by atoms with Crippen LogP contribution < -0.4 is 5.32 Å². The van der Waals surface area contributed by atoms with Gasteiger partial charge in [-0.15, -0.1) is 0 Å². The number of nitrogens with one attached hydrogen (secondary N) is 1. The van der Waals surface area contributed by atoms with Crippen molar-refractivity contribution in [3.05, 3.63) is 35.9 Å². The van der Waals surface area contributed by atoms with Crippen LogP contribution in [0, 0.1) is 17.8 Å². The van der Waals surface area contributed by atoms with Gasteiger partial charge in [0.15, 0.2) is 16.7 Å². The number of amides is 1.